The van der Waals surface area contributed by atoms with E-state index < -0.39 is 0 Å². The topological polar surface area (TPSA) is 64.8 Å². The molecule has 0 aliphatic carbocycles. The van der Waals surface area contributed by atoms with E-state index >= 15 is 0 Å². The number of carbonyl (C=O) groups is 1. The molecule has 1 aromatic heterocycles. The smallest absolute Gasteiger partial charge is 0.323 e. The normalized spacial score (nSPS) is 17.9. The SMILES string of the molecule is COC(=O)[C@@H]1CCCCN1Cc1nc(-c2ccc(OC)c(C)c2)oc1C. The summed E-state index contributed by atoms with van der Waals surface area (Å²) in [5.41, 5.74) is 2.81. The predicted molar refractivity (Wildman–Crippen MR) is 98.0 cm³/mol. The number of likely N-dealkylation sites (tertiary alicyclic amines) is 1. The average Bonchev–Trinajstić information content (AvgIpc) is 3.02. The molecule has 0 unspecified atom stereocenters. The number of hydrogen-bond donors (Lipinski definition) is 0. The van der Waals surface area contributed by atoms with Crippen LogP contribution in [0.15, 0.2) is 22.6 Å². The molecule has 6 nitrogen and oxygen atoms in total. The quantitative estimate of drug-likeness (QED) is 0.762. The molecule has 6 heteroatoms. The highest BCUT2D eigenvalue weighted by molar-refractivity contribution is 5.75. The molecule has 0 radical (unpaired) electrons. The van der Waals surface area contributed by atoms with Crippen molar-refractivity contribution in [2.24, 2.45) is 0 Å². The van der Waals surface area contributed by atoms with Gasteiger partial charge < -0.3 is 13.9 Å². The molecule has 0 spiro atoms. The molecule has 2 aromatic rings. The van der Waals surface area contributed by atoms with E-state index in [2.05, 4.69) is 9.88 Å². The van der Waals surface area contributed by atoms with Crippen molar-refractivity contribution in [2.45, 2.75) is 45.7 Å². The van der Waals surface area contributed by atoms with Gasteiger partial charge in [-0.05, 0) is 57.0 Å². The maximum atomic E-state index is 12.1. The summed E-state index contributed by atoms with van der Waals surface area (Å²) >= 11 is 0. The van der Waals surface area contributed by atoms with E-state index in [9.17, 15) is 4.79 Å². The molecule has 0 N–H and O–H groups in total. The zero-order valence-corrected chi connectivity index (χ0v) is 15.9. The molecule has 0 bridgehead atoms. The van der Waals surface area contributed by atoms with E-state index in [4.69, 9.17) is 13.9 Å². The monoisotopic (exact) mass is 358 g/mol. The minimum atomic E-state index is -0.198. The molecule has 2 heterocycles. The van der Waals surface area contributed by atoms with E-state index in [1.54, 1.807) is 7.11 Å². The Morgan fingerprint density at radius 2 is 2.12 bits per heavy atom. The minimum Gasteiger partial charge on any atom is -0.496 e. The molecule has 140 valence electrons. The van der Waals surface area contributed by atoms with E-state index in [0.29, 0.717) is 12.4 Å². The highest BCUT2D eigenvalue weighted by Crippen LogP contribution is 2.28. The average molecular weight is 358 g/mol. The van der Waals surface area contributed by atoms with Crippen LogP contribution in [0, 0.1) is 13.8 Å². The van der Waals surface area contributed by atoms with Crippen LogP contribution in [-0.2, 0) is 16.1 Å². The number of esters is 1. The third-order valence-corrected chi connectivity index (χ3v) is 4.97. The first-order chi connectivity index (χ1) is 12.5. The van der Waals surface area contributed by atoms with E-state index in [1.807, 2.05) is 32.0 Å². The molecule has 1 saturated heterocycles. The molecule has 1 aliphatic rings. The van der Waals surface area contributed by atoms with Crippen molar-refractivity contribution in [3.8, 4) is 17.2 Å². The van der Waals surface area contributed by atoms with Crippen LogP contribution in [0.4, 0.5) is 0 Å². The van der Waals surface area contributed by atoms with Gasteiger partial charge in [0.05, 0.1) is 19.9 Å². The fraction of sp³-hybridized carbons (Fsp3) is 0.500. The Morgan fingerprint density at radius 3 is 2.81 bits per heavy atom. The molecule has 0 amide bonds. The van der Waals surface area contributed by atoms with Gasteiger partial charge in [-0.2, -0.15) is 0 Å². The molecule has 1 fully saturated rings. The van der Waals surface area contributed by atoms with Crippen LogP contribution in [0.3, 0.4) is 0 Å². The molecule has 1 atom stereocenters. The molecule has 1 aromatic carbocycles. The third-order valence-electron chi connectivity index (χ3n) is 4.97. The maximum Gasteiger partial charge on any atom is 0.323 e. The number of aryl methyl sites for hydroxylation is 2. The van der Waals surface area contributed by atoms with Gasteiger partial charge in [-0.1, -0.05) is 6.42 Å². The van der Waals surface area contributed by atoms with Crippen LogP contribution in [0.2, 0.25) is 0 Å². The Labute approximate surface area is 154 Å². The number of carbonyl (C=O) groups excluding carboxylic acids is 1. The second-order valence-electron chi connectivity index (χ2n) is 6.71. The largest absolute Gasteiger partial charge is 0.496 e. The second-order valence-corrected chi connectivity index (χ2v) is 6.71. The van der Waals surface area contributed by atoms with Crippen molar-refractivity contribution in [3.05, 3.63) is 35.2 Å². The van der Waals surface area contributed by atoms with Gasteiger partial charge in [0.1, 0.15) is 17.6 Å². The van der Waals surface area contributed by atoms with Crippen LogP contribution >= 0.6 is 0 Å². The van der Waals surface area contributed by atoms with Crippen LogP contribution < -0.4 is 4.74 Å². The Balaban J connectivity index is 1.81. The third kappa shape index (κ3) is 3.75. The fourth-order valence-electron chi connectivity index (χ4n) is 3.49. The second kappa shape index (κ2) is 7.91. The van der Waals surface area contributed by atoms with Gasteiger partial charge in [0.2, 0.25) is 5.89 Å². The number of methoxy groups -OCH3 is 2. The van der Waals surface area contributed by atoms with Gasteiger partial charge in [-0.3, -0.25) is 9.69 Å². The molecule has 26 heavy (non-hydrogen) atoms. The van der Waals surface area contributed by atoms with Gasteiger partial charge in [0, 0.05) is 12.1 Å². The van der Waals surface area contributed by atoms with Crippen LogP contribution in [-0.4, -0.2) is 42.7 Å². The number of rotatable bonds is 5. The van der Waals surface area contributed by atoms with Crippen molar-refractivity contribution in [1.29, 1.82) is 0 Å². The lowest BCUT2D eigenvalue weighted by molar-refractivity contribution is -0.148. The lowest BCUT2D eigenvalue weighted by Crippen LogP contribution is -2.44. The van der Waals surface area contributed by atoms with E-state index in [1.165, 1.54) is 7.11 Å². The summed E-state index contributed by atoms with van der Waals surface area (Å²) in [5, 5.41) is 0. The highest BCUT2D eigenvalue weighted by Gasteiger charge is 2.30. The Hall–Kier alpha value is -2.34. The lowest BCUT2D eigenvalue weighted by atomic mass is 10.0. The first-order valence-corrected chi connectivity index (χ1v) is 8.96. The van der Waals surface area contributed by atoms with Crippen LogP contribution in [0.1, 0.15) is 36.3 Å². The van der Waals surface area contributed by atoms with E-state index in [0.717, 1.165) is 54.1 Å². The molecule has 3 rings (SSSR count). The van der Waals surface area contributed by atoms with Crippen molar-refractivity contribution >= 4 is 5.97 Å². The summed E-state index contributed by atoms with van der Waals surface area (Å²) in [6.07, 6.45) is 2.95. The Bertz CT molecular complexity index is 784. The van der Waals surface area contributed by atoms with Crippen molar-refractivity contribution in [3.63, 3.8) is 0 Å². The summed E-state index contributed by atoms with van der Waals surface area (Å²) in [6, 6.07) is 5.67. The minimum absolute atomic E-state index is 0.170. The molecule has 0 saturated carbocycles. The highest BCUT2D eigenvalue weighted by atomic mass is 16.5. The van der Waals surface area contributed by atoms with Gasteiger partial charge in [0.25, 0.3) is 0 Å². The standard InChI is InChI=1S/C20H26N2O4/c1-13-11-15(8-9-18(13)24-3)19-21-16(14(2)26-19)12-22-10-6-5-7-17(22)20(23)25-4/h8-9,11,17H,5-7,10,12H2,1-4H3/t17-/m0/s1. The molecule has 1 aliphatic heterocycles. The summed E-state index contributed by atoms with van der Waals surface area (Å²) in [6.45, 7) is 5.36. The Kier molecular flexibility index (Phi) is 5.61. The summed E-state index contributed by atoms with van der Waals surface area (Å²) in [5.74, 6) is 2.04. The van der Waals surface area contributed by atoms with Gasteiger partial charge in [0.15, 0.2) is 0 Å². The van der Waals surface area contributed by atoms with Gasteiger partial charge >= 0.3 is 5.97 Å². The molecular weight excluding hydrogens is 332 g/mol. The van der Waals surface area contributed by atoms with Crippen LogP contribution in [0.5, 0.6) is 5.75 Å². The van der Waals surface area contributed by atoms with Gasteiger partial charge in [-0.15, -0.1) is 0 Å². The number of ether oxygens (including phenoxy) is 2. The summed E-state index contributed by atoms with van der Waals surface area (Å²) in [4.78, 5) is 18.9. The van der Waals surface area contributed by atoms with E-state index in [-0.39, 0.29) is 12.0 Å². The fourth-order valence-corrected chi connectivity index (χ4v) is 3.49. The number of aromatic nitrogens is 1. The lowest BCUT2D eigenvalue weighted by Gasteiger charge is -2.33. The number of benzene rings is 1. The first-order valence-electron chi connectivity index (χ1n) is 8.96. The van der Waals surface area contributed by atoms with Crippen LogP contribution in [0.25, 0.3) is 11.5 Å². The first kappa shape index (κ1) is 18.5. The number of hydrogen-bond acceptors (Lipinski definition) is 6. The van der Waals surface area contributed by atoms with Crippen molar-refractivity contribution < 1.29 is 18.7 Å². The summed E-state index contributed by atoms with van der Waals surface area (Å²) < 4.78 is 16.2. The predicted octanol–water partition coefficient (Wildman–Crippen LogP) is 3.49. The maximum absolute atomic E-state index is 12.1. The number of oxazole rings is 1. The number of piperidine rings is 1. The summed E-state index contributed by atoms with van der Waals surface area (Å²) in [7, 11) is 3.10. The van der Waals surface area contributed by atoms with Gasteiger partial charge in [-0.25, -0.2) is 4.98 Å². The zero-order valence-electron chi connectivity index (χ0n) is 15.9. The van der Waals surface area contributed by atoms with Crippen molar-refractivity contribution in [1.82, 2.24) is 9.88 Å². The zero-order chi connectivity index (χ0) is 18.7. The number of nitrogens with zero attached hydrogens (tertiary/aromatic N) is 2. The van der Waals surface area contributed by atoms with Crippen molar-refractivity contribution in [2.75, 3.05) is 20.8 Å². The molecular formula is C20H26N2O4. The Morgan fingerprint density at radius 1 is 1.31 bits per heavy atom.